The monoisotopic (exact) mass is 585 g/mol. The van der Waals surface area contributed by atoms with E-state index in [1.54, 1.807) is 24.3 Å². The summed E-state index contributed by atoms with van der Waals surface area (Å²) in [7, 11) is -1.15. The van der Waals surface area contributed by atoms with Gasteiger partial charge in [0.05, 0.1) is 30.4 Å². The van der Waals surface area contributed by atoms with Crippen LogP contribution in [0, 0.1) is 28.6 Å². The van der Waals surface area contributed by atoms with Gasteiger partial charge >= 0.3 is 0 Å². The zero-order valence-corrected chi connectivity index (χ0v) is 25.8. The van der Waals surface area contributed by atoms with Crippen LogP contribution in [0.4, 0.5) is 5.82 Å². The van der Waals surface area contributed by atoms with Crippen molar-refractivity contribution >= 4 is 36.7 Å². The van der Waals surface area contributed by atoms with Gasteiger partial charge in [-0.3, -0.25) is 4.68 Å². The highest BCUT2D eigenvalue weighted by Crippen LogP contribution is 2.36. The van der Waals surface area contributed by atoms with Crippen LogP contribution in [0.5, 0.6) is 0 Å². The highest BCUT2D eigenvalue weighted by Gasteiger charge is 2.33. The summed E-state index contributed by atoms with van der Waals surface area (Å²) in [4.78, 5) is 16.8. The molecule has 10 nitrogen and oxygen atoms in total. The SMILES string of the molecule is CSc1ccnc(N2CC[C@H]([C@H](CC#N)n3cc(-c4ncnc5c4ccn5COCC[Si](C)(C)C)cn3)C2)c1C#N. The summed E-state index contributed by atoms with van der Waals surface area (Å²) in [6.07, 6.45) is 12.3. The van der Waals surface area contributed by atoms with Crippen molar-refractivity contribution in [1.29, 1.82) is 10.5 Å². The highest BCUT2D eigenvalue weighted by molar-refractivity contribution is 7.98. The minimum absolute atomic E-state index is 0.102. The molecule has 0 spiro atoms. The normalized spacial score (nSPS) is 16.1. The summed E-state index contributed by atoms with van der Waals surface area (Å²) in [6, 6.07) is 9.62. The summed E-state index contributed by atoms with van der Waals surface area (Å²) in [5.41, 5.74) is 3.13. The van der Waals surface area contributed by atoms with E-state index in [2.05, 4.69) is 51.6 Å². The summed E-state index contributed by atoms with van der Waals surface area (Å²) >= 11 is 1.55. The van der Waals surface area contributed by atoms with Crippen LogP contribution in [-0.4, -0.2) is 63.3 Å². The molecule has 2 atom stereocenters. The number of hydrogen-bond donors (Lipinski definition) is 0. The summed E-state index contributed by atoms with van der Waals surface area (Å²) < 4.78 is 9.88. The molecule has 4 aromatic heterocycles. The molecule has 41 heavy (non-hydrogen) atoms. The number of thioether (sulfide) groups is 1. The number of nitriles is 2. The Balaban J connectivity index is 1.34. The first-order valence-electron chi connectivity index (χ1n) is 13.8. The van der Waals surface area contributed by atoms with Crippen molar-refractivity contribution in [3.63, 3.8) is 0 Å². The fourth-order valence-corrected chi connectivity index (χ4v) is 6.63. The molecule has 1 aliphatic heterocycles. The topological polar surface area (TPSA) is 121 Å². The first-order chi connectivity index (χ1) is 19.8. The Bertz CT molecular complexity index is 1600. The quantitative estimate of drug-likeness (QED) is 0.126. The Kier molecular flexibility index (Phi) is 8.73. The average molecular weight is 586 g/mol. The number of fused-ring (bicyclic) bond motifs is 1. The lowest BCUT2D eigenvalue weighted by atomic mass is 9.96. The number of nitrogens with zero attached hydrogens (tertiary/aromatic N) is 9. The maximum absolute atomic E-state index is 9.79. The van der Waals surface area contributed by atoms with Gasteiger partial charge in [-0.15, -0.1) is 11.8 Å². The number of hydrogen-bond acceptors (Lipinski definition) is 9. The van der Waals surface area contributed by atoms with E-state index in [-0.39, 0.29) is 12.0 Å². The number of aromatic nitrogens is 6. The van der Waals surface area contributed by atoms with Crippen LogP contribution < -0.4 is 4.90 Å². The van der Waals surface area contributed by atoms with Gasteiger partial charge in [-0.05, 0) is 30.9 Å². The molecule has 0 bridgehead atoms. The number of anilines is 1. The first-order valence-corrected chi connectivity index (χ1v) is 18.7. The Morgan fingerprint density at radius 2 is 2.05 bits per heavy atom. The van der Waals surface area contributed by atoms with Gasteiger partial charge in [0, 0.05) is 68.1 Å². The lowest BCUT2D eigenvalue weighted by Crippen LogP contribution is -2.26. The average Bonchev–Trinajstić information content (AvgIpc) is 3.73. The van der Waals surface area contributed by atoms with E-state index >= 15 is 0 Å². The molecule has 0 amide bonds. The smallest absolute Gasteiger partial charge is 0.147 e. The minimum Gasteiger partial charge on any atom is -0.361 e. The van der Waals surface area contributed by atoms with Crippen LogP contribution in [0.25, 0.3) is 22.3 Å². The lowest BCUT2D eigenvalue weighted by Gasteiger charge is -2.23. The summed E-state index contributed by atoms with van der Waals surface area (Å²) in [6.45, 7) is 9.72. The van der Waals surface area contributed by atoms with Crippen LogP contribution in [0.15, 0.2) is 48.1 Å². The van der Waals surface area contributed by atoms with Gasteiger partial charge in [0.2, 0.25) is 0 Å². The second-order valence-corrected chi connectivity index (χ2v) is 18.0. The molecule has 12 heteroatoms. The van der Waals surface area contributed by atoms with Crippen molar-refractivity contribution in [2.75, 3.05) is 30.9 Å². The standard InChI is InChI=1S/C29H35N9OSSi/c1-40-26-6-10-32-29(24(26)15-31)36-11-7-21(17-36)25(5-9-30)38-18-22(16-35-38)27-23-8-12-37(28(23)34-19-33-27)20-39-13-14-41(2,3)4/h6,8,10,12,16,18-19,21,25H,5,7,11,13-14,17,20H2,1-4H3/t21-,25-/m0/s1. The van der Waals surface area contributed by atoms with Crippen LogP contribution in [-0.2, 0) is 11.5 Å². The molecule has 0 radical (unpaired) electrons. The molecule has 5 heterocycles. The predicted octanol–water partition coefficient (Wildman–Crippen LogP) is 5.58. The first kappa shape index (κ1) is 28.8. The third kappa shape index (κ3) is 6.30. The lowest BCUT2D eigenvalue weighted by molar-refractivity contribution is 0.0899. The Labute approximate surface area is 246 Å². The van der Waals surface area contributed by atoms with Gasteiger partial charge < -0.3 is 14.2 Å². The van der Waals surface area contributed by atoms with Gasteiger partial charge in [0.15, 0.2) is 0 Å². The van der Waals surface area contributed by atoms with E-state index in [0.29, 0.717) is 25.3 Å². The van der Waals surface area contributed by atoms with E-state index in [9.17, 15) is 10.5 Å². The van der Waals surface area contributed by atoms with Gasteiger partial charge in [-0.1, -0.05) is 19.6 Å². The van der Waals surface area contributed by atoms with Gasteiger partial charge in [0.1, 0.15) is 36.2 Å². The summed E-state index contributed by atoms with van der Waals surface area (Å²) in [5.74, 6) is 0.907. The third-order valence-electron chi connectivity index (χ3n) is 7.59. The molecule has 1 fully saturated rings. The molecule has 4 aromatic rings. The molecular weight excluding hydrogens is 551 g/mol. The molecule has 0 saturated carbocycles. The Morgan fingerprint density at radius 3 is 2.80 bits per heavy atom. The third-order valence-corrected chi connectivity index (χ3v) is 10.1. The maximum atomic E-state index is 9.79. The number of ether oxygens (including phenoxy) is 1. The van der Waals surface area contributed by atoms with E-state index in [4.69, 9.17) is 9.84 Å². The minimum atomic E-state index is -1.15. The molecule has 0 unspecified atom stereocenters. The largest absolute Gasteiger partial charge is 0.361 e. The van der Waals surface area contributed by atoms with Crippen molar-refractivity contribution in [2.45, 2.75) is 56.2 Å². The predicted molar refractivity (Wildman–Crippen MR) is 163 cm³/mol. The fraction of sp³-hybridized carbons (Fsp3) is 0.448. The molecule has 5 rings (SSSR count). The Morgan fingerprint density at radius 1 is 1.20 bits per heavy atom. The van der Waals surface area contributed by atoms with Crippen LogP contribution in [0.3, 0.4) is 0 Å². The second kappa shape index (κ2) is 12.4. The number of pyridine rings is 1. The number of rotatable bonds is 11. The summed E-state index contributed by atoms with van der Waals surface area (Å²) in [5, 5.41) is 25.1. The molecular formula is C29H35N9OSSi. The zero-order chi connectivity index (χ0) is 29.0. The molecule has 212 valence electrons. The maximum Gasteiger partial charge on any atom is 0.147 e. The molecule has 1 aliphatic rings. The van der Waals surface area contributed by atoms with Crippen molar-refractivity contribution in [2.24, 2.45) is 5.92 Å². The van der Waals surface area contributed by atoms with Crippen LogP contribution >= 0.6 is 11.8 Å². The molecule has 0 aromatic carbocycles. The Hall–Kier alpha value is -3.71. The van der Waals surface area contributed by atoms with E-state index in [1.165, 1.54) is 0 Å². The van der Waals surface area contributed by atoms with E-state index in [0.717, 1.165) is 58.6 Å². The van der Waals surface area contributed by atoms with Gasteiger partial charge in [0.25, 0.3) is 0 Å². The molecule has 0 N–H and O–H groups in total. The van der Waals surface area contributed by atoms with Crippen LogP contribution in [0.1, 0.15) is 24.4 Å². The fourth-order valence-electron chi connectivity index (χ4n) is 5.33. The molecule has 1 saturated heterocycles. The van der Waals surface area contributed by atoms with Crippen molar-refractivity contribution in [3.8, 4) is 23.4 Å². The van der Waals surface area contributed by atoms with E-state index < -0.39 is 8.07 Å². The second-order valence-electron chi connectivity index (χ2n) is 11.6. The van der Waals surface area contributed by atoms with E-state index in [1.807, 2.05) is 46.2 Å². The van der Waals surface area contributed by atoms with Crippen molar-refractivity contribution in [1.82, 2.24) is 29.3 Å². The van der Waals surface area contributed by atoms with Crippen LogP contribution in [0.2, 0.25) is 25.7 Å². The molecule has 0 aliphatic carbocycles. The zero-order valence-electron chi connectivity index (χ0n) is 24.0. The van der Waals surface area contributed by atoms with Gasteiger partial charge in [-0.2, -0.15) is 15.6 Å². The highest BCUT2D eigenvalue weighted by atomic mass is 32.2. The van der Waals surface area contributed by atoms with Gasteiger partial charge in [-0.25, -0.2) is 15.0 Å². The van der Waals surface area contributed by atoms with Crippen molar-refractivity contribution < 1.29 is 4.74 Å². The van der Waals surface area contributed by atoms with Crippen molar-refractivity contribution in [3.05, 3.63) is 48.8 Å².